The molecule has 4 rings (SSSR count). The zero-order chi connectivity index (χ0) is 14.6. The molecular formula is C16H7F2NO2. The van der Waals surface area contributed by atoms with E-state index in [1.807, 2.05) is 0 Å². The molecule has 0 amide bonds. The maximum Gasteiger partial charge on any atom is 0.345 e. The van der Waals surface area contributed by atoms with Crippen LogP contribution in [0.15, 0.2) is 51.7 Å². The minimum Gasteiger partial charge on any atom is -0.422 e. The van der Waals surface area contributed by atoms with Gasteiger partial charge in [0.15, 0.2) is 11.6 Å². The van der Waals surface area contributed by atoms with Gasteiger partial charge in [-0.3, -0.25) is 0 Å². The Labute approximate surface area is 116 Å². The lowest BCUT2D eigenvalue weighted by molar-refractivity contribution is 0.515. The summed E-state index contributed by atoms with van der Waals surface area (Å²) in [5, 5.41) is 1.17. The average Bonchev–Trinajstić information content (AvgIpc) is 2.50. The Morgan fingerprint density at radius 1 is 0.952 bits per heavy atom. The highest BCUT2D eigenvalue weighted by Gasteiger charge is 2.14. The number of pyridine rings is 1. The Hall–Kier alpha value is -2.82. The van der Waals surface area contributed by atoms with E-state index in [9.17, 15) is 13.6 Å². The van der Waals surface area contributed by atoms with Crippen LogP contribution in [-0.2, 0) is 0 Å². The van der Waals surface area contributed by atoms with E-state index >= 15 is 0 Å². The molecule has 0 saturated heterocycles. The average molecular weight is 283 g/mol. The molecule has 2 heterocycles. The molecule has 0 N–H and O–H groups in total. The predicted octanol–water partition coefficient (Wildman–Crippen LogP) is 3.77. The van der Waals surface area contributed by atoms with E-state index in [1.54, 1.807) is 24.3 Å². The van der Waals surface area contributed by atoms with Crippen molar-refractivity contribution in [1.29, 1.82) is 0 Å². The van der Waals surface area contributed by atoms with Gasteiger partial charge < -0.3 is 4.42 Å². The molecule has 0 aliphatic rings. The maximum absolute atomic E-state index is 13.9. The summed E-state index contributed by atoms with van der Waals surface area (Å²) in [6, 6.07) is 10.7. The molecule has 2 aromatic carbocycles. The largest absolute Gasteiger partial charge is 0.422 e. The van der Waals surface area contributed by atoms with Crippen LogP contribution >= 0.6 is 0 Å². The Balaban J connectivity index is 2.32. The minimum absolute atomic E-state index is 0.0988. The van der Waals surface area contributed by atoms with Crippen molar-refractivity contribution in [3.05, 3.63) is 64.5 Å². The maximum atomic E-state index is 13.9. The van der Waals surface area contributed by atoms with Crippen molar-refractivity contribution in [2.45, 2.75) is 0 Å². The monoisotopic (exact) mass is 283 g/mol. The van der Waals surface area contributed by atoms with E-state index in [0.717, 1.165) is 6.07 Å². The lowest BCUT2D eigenvalue weighted by Crippen LogP contribution is -2.02. The number of halogens is 2. The zero-order valence-electron chi connectivity index (χ0n) is 10.6. The van der Waals surface area contributed by atoms with Gasteiger partial charge in [0.2, 0.25) is 0 Å². The van der Waals surface area contributed by atoms with Crippen molar-refractivity contribution < 1.29 is 13.2 Å². The van der Waals surface area contributed by atoms with Gasteiger partial charge in [0.1, 0.15) is 11.1 Å². The molecule has 5 heteroatoms. The van der Waals surface area contributed by atoms with Gasteiger partial charge in [0, 0.05) is 10.8 Å². The molecule has 0 atom stereocenters. The Kier molecular flexibility index (Phi) is 2.33. The number of benzene rings is 2. The first-order valence-corrected chi connectivity index (χ1v) is 6.25. The van der Waals surface area contributed by atoms with E-state index < -0.39 is 17.3 Å². The van der Waals surface area contributed by atoms with Gasteiger partial charge >= 0.3 is 5.63 Å². The highest BCUT2D eigenvalue weighted by molar-refractivity contribution is 6.05. The number of para-hydroxylation sites is 1. The molecular weight excluding hydrogens is 276 g/mol. The molecule has 0 radical (unpaired) electrons. The van der Waals surface area contributed by atoms with Crippen LogP contribution in [0.3, 0.4) is 0 Å². The number of fused-ring (bicyclic) bond motifs is 4. The highest BCUT2D eigenvalue weighted by Crippen LogP contribution is 2.26. The van der Waals surface area contributed by atoms with Gasteiger partial charge in [-0.15, -0.1) is 0 Å². The molecule has 21 heavy (non-hydrogen) atoms. The topological polar surface area (TPSA) is 43.1 Å². The zero-order valence-corrected chi connectivity index (χ0v) is 10.6. The number of nitrogens with zero attached hydrogens (tertiary/aromatic N) is 1. The second-order valence-electron chi connectivity index (χ2n) is 4.70. The molecule has 0 unspecified atom stereocenters. The first-order chi connectivity index (χ1) is 10.1. The molecule has 0 fully saturated rings. The van der Waals surface area contributed by atoms with Crippen LogP contribution in [0.4, 0.5) is 8.78 Å². The van der Waals surface area contributed by atoms with Crippen molar-refractivity contribution in [1.82, 2.24) is 4.98 Å². The van der Waals surface area contributed by atoms with E-state index in [4.69, 9.17) is 4.42 Å². The third-order valence-electron chi connectivity index (χ3n) is 3.44. The van der Waals surface area contributed by atoms with Crippen molar-refractivity contribution in [2.24, 2.45) is 0 Å². The second-order valence-corrected chi connectivity index (χ2v) is 4.70. The van der Waals surface area contributed by atoms with Crippen LogP contribution in [0.25, 0.3) is 32.8 Å². The summed E-state index contributed by atoms with van der Waals surface area (Å²) in [4.78, 5) is 16.2. The number of aromatic nitrogens is 1. The van der Waals surface area contributed by atoms with E-state index in [1.165, 1.54) is 12.1 Å². The van der Waals surface area contributed by atoms with Crippen molar-refractivity contribution in [3.63, 3.8) is 0 Å². The standard InChI is InChI=1S/C16H7F2NO2/c17-11-6-5-8-7-10-15(19-14(8)13(11)18)9-3-1-2-4-12(9)21-16(10)20/h1-7H. The molecule has 4 aromatic rings. The summed E-state index contributed by atoms with van der Waals surface area (Å²) < 4.78 is 32.4. The highest BCUT2D eigenvalue weighted by atomic mass is 19.2. The van der Waals surface area contributed by atoms with E-state index in [-0.39, 0.29) is 10.9 Å². The summed E-state index contributed by atoms with van der Waals surface area (Å²) in [6.07, 6.45) is 0. The predicted molar refractivity (Wildman–Crippen MR) is 75.2 cm³/mol. The van der Waals surface area contributed by atoms with Crippen LogP contribution < -0.4 is 5.63 Å². The molecule has 2 aromatic heterocycles. The molecule has 3 nitrogen and oxygen atoms in total. The fourth-order valence-corrected chi connectivity index (χ4v) is 2.45. The van der Waals surface area contributed by atoms with Crippen LogP contribution in [0.5, 0.6) is 0 Å². The van der Waals surface area contributed by atoms with Crippen LogP contribution in [-0.4, -0.2) is 4.98 Å². The number of hydrogen-bond donors (Lipinski definition) is 0. The first-order valence-electron chi connectivity index (χ1n) is 6.25. The van der Waals surface area contributed by atoms with Gasteiger partial charge in [0.25, 0.3) is 0 Å². The summed E-state index contributed by atoms with van der Waals surface area (Å²) in [5.74, 6) is -1.99. The third kappa shape index (κ3) is 1.64. The van der Waals surface area contributed by atoms with E-state index in [2.05, 4.69) is 4.98 Å². The normalized spacial score (nSPS) is 11.5. The molecule has 0 bridgehead atoms. The van der Waals surface area contributed by atoms with Crippen molar-refractivity contribution >= 4 is 32.8 Å². The second kappa shape index (κ2) is 4.09. The number of rotatable bonds is 0. The van der Waals surface area contributed by atoms with Crippen LogP contribution in [0.2, 0.25) is 0 Å². The van der Waals surface area contributed by atoms with Gasteiger partial charge in [-0.05, 0) is 30.3 Å². The van der Waals surface area contributed by atoms with Crippen molar-refractivity contribution in [3.8, 4) is 0 Å². The van der Waals surface area contributed by atoms with Gasteiger partial charge in [-0.25, -0.2) is 18.6 Å². The quantitative estimate of drug-likeness (QED) is 0.280. The van der Waals surface area contributed by atoms with Crippen molar-refractivity contribution in [2.75, 3.05) is 0 Å². The number of hydrogen-bond acceptors (Lipinski definition) is 3. The summed E-state index contributed by atoms with van der Waals surface area (Å²) in [5.41, 5.74) is 0.0126. The third-order valence-corrected chi connectivity index (χ3v) is 3.44. The lowest BCUT2D eigenvalue weighted by atomic mass is 10.1. The van der Waals surface area contributed by atoms with Gasteiger partial charge in [0.05, 0.1) is 10.9 Å². The van der Waals surface area contributed by atoms with E-state index in [0.29, 0.717) is 21.9 Å². The molecule has 0 aliphatic carbocycles. The summed E-state index contributed by atoms with van der Waals surface area (Å²) in [7, 11) is 0. The van der Waals surface area contributed by atoms with Crippen LogP contribution in [0, 0.1) is 11.6 Å². The lowest BCUT2D eigenvalue weighted by Gasteiger charge is -2.05. The fraction of sp³-hybridized carbons (Fsp3) is 0. The molecule has 0 aliphatic heterocycles. The van der Waals surface area contributed by atoms with Gasteiger partial charge in [-0.1, -0.05) is 12.1 Å². The van der Waals surface area contributed by atoms with Gasteiger partial charge in [-0.2, -0.15) is 0 Å². The minimum atomic E-state index is -1.02. The Bertz CT molecular complexity index is 1090. The smallest absolute Gasteiger partial charge is 0.345 e. The molecule has 0 saturated carbocycles. The fourth-order valence-electron chi connectivity index (χ4n) is 2.45. The molecule has 102 valence electrons. The van der Waals surface area contributed by atoms with Crippen LogP contribution in [0.1, 0.15) is 0 Å². The Morgan fingerprint density at radius 2 is 1.76 bits per heavy atom. The summed E-state index contributed by atoms with van der Waals surface area (Å²) >= 11 is 0. The molecule has 0 spiro atoms. The first kappa shape index (κ1) is 12.0. The Morgan fingerprint density at radius 3 is 2.62 bits per heavy atom. The summed E-state index contributed by atoms with van der Waals surface area (Å²) in [6.45, 7) is 0. The SMILES string of the molecule is O=c1oc2ccccc2c2nc3c(F)c(F)ccc3cc12.